The van der Waals surface area contributed by atoms with Gasteiger partial charge in [-0.15, -0.1) is 0 Å². The minimum Gasteiger partial charge on any atom is -0.481 e. The summed E-state index contributed by atoms with van der Waals surface area (Å²) in [5.74, 6) is -0.546. The number of anilines is 1. The summed E-state index contributed by atoms with van der Waals surface area (Å²) in [6, 6.07) is 1.23. The lowest BCUT2D eigenvalue weighted by Gasteiger charge is -2.33. The Balaban J connectivity index is 2.14. The molecule has 9 heteroatoms. The Morgan fingerprint density at radius 3 is 3.05 bits per heavy atom. The van der Waals surface area contributed by atoms with E-state index in [9.17, 15) is 14.9 Å². The zero-order valence-electron chi connectivity index (χ0n) is 10.4. The number of pyridine rings is 1. The largest absolute Gasteiger partial charge is 0.481 e. The Hall–Kier alpha value is -1.93. The fourth-order valence-corrected chi connectivity index (χ4v) is 2.26. The lowest BCUT2D eigenvalue weighted by Crippen LogP contribution is -2.43. The second kappa shape index (κ2) is 6.02. The molecule has 8 nitrogen and oxygen atoms in total. The van der Waals surface area contributed by atoms with Crippen molar-refractivity contribution < 1.29 is 19.6 Å². The molecule has 1 unspecified atom stereocenters. The minimum absolute atomic E-state index is 0.110. The molecular formula is C11H12ClN3O5. The Morgan fingerprint density at radius 1 is 1.70 bits per heavy atom. The molecular weight excluding hydrogens is 290 g/mol. The number of nitro groups is 1. The molecule has 2 heterocycles. The predicted octanol–water partition coefficient (Wildman–Crippen LogP) is 1.32. The molecule has 1 saturated heterocycles. The van der Waals surface area contributed by atoms with Crippen molar-refractivity contribution in [1.82, 2.24) is 4.98 Å². The Bertz CT molecular complexity index is 539. The summed E-state index contributed by atoms with van der Waals surface area (Å²) in [5.41, 5.74) is -0.186. The van der Waals surface area contributed by atoms with E-state index in [-0.39, 0.29) is 17.1 Å². The van der Waals surface area contributed by atoms with Gasteiger partial charge in [0.05, 0.1) is 29.1 Å². The summed E-state index contributed by atoms with van der Waals surface area (Å²) in [5, 5.41) is 19.5. The van der Waals surface area contributed by atoms with E-state index in [4.69, 9.17) is 21.4 Å². The summed E-state index contributed by atoms with van der Waals surface area (Å²) in [6.45, 7) is 1.18. The maximum Gasteiger partial charge on any atom is 0.306 e. The van der Waals surface area contributed by atoms with Gasteiger partial charge in [0.25, 0.3) is 5.69 Å². The van der Waals surface area contributed by atoms with Crippen LogP contribution in [0, 0.1) is 10.1 Å². The summed E-state index contributed by atoms with van der Waals surface area (Å²) in [6.07, 6.45) is 0.568. The van der Waals surface area contributed by atoms with Crippen LogP contribution in [-0.4, -0.2) is 46.8 Å². The van der Waals surface area contributed by atoms with Gasteiger partial charge in [0.1, 0.15) is 12.0 Å². The van der Waals surface area contributed by atoms with E-state index in [0.717, 1.165) is 6.20 Å². The van der Waals surface area contributed by atoms with Crippen molar-refractivity contribution in [3.63, 3.8) is 0 Å². The predicted molar refractivity (Wildman–Crippen MR) is 70.1 cm³/mol. The highest BCUT2D eigenvalue weighted by Crippen LogP contribution is 2.28. The highest BCUT2D eigenvalue weighted by Gasteiger charge is 2.25. The maximum absolute atomic E-state index is 10.7. The van der Waals surface area contributed by atoms with Crippen molar-refractivity contribution in [3.05, 3.63) is 27.4 Å². The van der Waals surface area contributed by atoms with Gasteiger partial charge in [-0.2, -0.15) is 0 Å². The molecule has 0 amide bonds. The molecule has 1 atom stereocenters. The molecule has 20 heavy (non-hydrogen) atoms. The van der Waals surface area contributed by atoms with Crippen LogP contribution in [0.15, 0.2) is 12.3 Å². The smallest absolute Gasteiger partial charge is 0.306 e. The Labute approximate surface area is 119 Å². The van der Waals surface area contributed by atoms with Crippen molar-refractivity contribution in [1.29, 1.82) is 0 Å². The van der Waals surface area contributed by atoms with Crippen molar-refractivity contribution in [2.75, 3.05) is 24.6 Å². The molecule has 0 bridgehead atoms. The number of aromatic nitrogens is 1. The average molecular weight is 302 g/mol. The minimum atomic E-state index is -0.945. The van der Waals surface area contributed by atoms with Gasteiger partial charge in [0.15, 0.2) is 0 Å². The number of carboxylic acids is 1. The third-order valence-electron chi connectivity index (χ3n) is 2.86. The van der Waals surface area contributed by atoms with Crippen molar-refractivity contribution in [2.24, 2.45) is 0 Å². The number of ether oxygens (including phenoxy) is 1. The van der Waals surface area contributed by atoms with E-state index in [2.05, 4.69) is 4.98 Å². The van der Waals surface area contributed by atoms with Crippen molar-refractivity contribution in [3.8, 4) is 0 Å². The van der Waals surface area contributed by atoms with Crippen LogP contribution in [0.4, 0.5) is 11.5 Å². The standard InChI is InChI=1S/C11H12ClN3O5/c12-9-3-7(15(18)19)5-13-11(9)14-1-2-20-8(6-14)4-10(16)17/h3,5,8H,1-2,4,6H2,(H,16,17). The van der Waals surface area contributed by atoms with Gasteiger partial charge in [0.2, 0.25) is 0 Å². The van der Waals surface area contributed by atoms with Crippen LogP contribution in [0.25, 0.3) is 0 Å². The van der Waals surface area contributed by atoms with E-state index < -0.39 is 17.0 Å². The SMILES string of the molecule is O=C(O)CC1CN(c2ncc([N+](=O)[O-])cc2Cl)CCO1. The molecule has 1 N–H and O–H groups in total. The van der Waals surface area contributed by atoms with Crippen LogP contribution < -0.4 is 4.90 Å². The highest BCUT2D eigenvalue weighted by molar-refractivity contribution is 6.33. The normalized spacial score (nSPS) is 18.9. The van der Waals surface area contributed by atoms with E-state index in [0.29, 0.717) is 25.5 Å². The Kier molecular flexibility index (Phi) is 4.35. The Morgan fingerprint density at radius 2 is 2.45 bits per heavy atom. The first-order valence-corrected chi connectivity index (χ1v) is 6.23. The zero-order valence-corrected chi connectivity index (χ0v) is 11.1. The highest BCUT2D eigenvalue weighted by atomic mass is 35.5. The summed E-state index contributed by atoms with van der Waals surface area (Å²) >= 11 is 5.99. The molecule has 1 aliphatic heterocycles. The lowest BCUT2D eigenvalue weighted by atomic mass is 10.2. The molecule has 1 fully saturated rings. The van der Waals surface area contributed by atoms with Gasteiger partial charge >= 0.3 is 5.97 Å². The molecule has 0 aromatic carbocycles. The van der Waals surface area contributed by atoms with Crippen molar-refractivity contribution >= 4 is 29.1 Å². The van der Waals surface area contributed by atoms with E-state index >= 15 is 0 Å². The first-order chi connectivity index (χ1) is 9.47. The first-order valence-electron chi connectivity index (χ1n) is 5.85. The number of aliphatic carboxylic acids is 1. The van der Waals surface area contributed by atoms with Crippen LogP contribution in [0.2, 0.25) is 5.02 Å². The number of carboxylic acid groups (broad SMARTS) is 1. The van der Waals surface area contributed by atoms with Crippen LogP contribution in [0.1, 0.15) is 6.42 Å². The quantitative estimate of drug-likeness (QED) is 0.660. The number of carbonyl (C=O) groups is 1. The number of hydrogen-bond donors (Lipinski definition) is 1. The zero-order chi connectivity index (χ0) is 14.7. The number of halogens is 1. The van der Waals surface area contributed by atoms with E-state index in [1.165, 1.54) is 6.07 Å². The lowest BCUT2D eigenvalue weighted by molar-refractivity contribution is -0.385. The van der Waals surface area contributed by atoms with Gasteiger partial charge in [-0.1, -0.05) is 11.6 Å². The van der Waals surface area contributed by atoms with E-state index in [1.807, 2.05) is 0 Å². The summed E-state index contributed by atoms with van der Waals surface area (Å²) in [4.78, 5) is 26.5. The van der Waals surface area contributed by atoms with Crippen LogP contribution in [0.3, 0.4) is 0 Å². The number of nitrogens with zero attached hydrogens (tertiary/aromatic N) is 3. The molecule has 2 rings (SSSR count). The van der Waals surface area contributed by atoms with Crippen LogP contribution in [-0.2, 0) is 9.53 Å². The fourth-order valence-electron chi connectivity index (χ4n) is 1.98. The molecule has 0 radical (unpaired) electrons. The maximum atomic E-state index is 10.7. The molecule has 1 aromatic rings. The van der Waals surface area contributed by atoms with Gasteiger partial charge in [-0.25, -0.2) is 4.98 Å². The monoisotopic (exact) mass is 301 g/mol. The topological polar surface area (TPSA) is 106 Å². The molecule has 0 saturated carbocycles. The molecule has 0 spiro atoms. The molecule has 1 aliphatic rings. The summed E-state index contributed by atoms with van der Waals surface area (Å²) < 4.78 is 5.34. The van der Waals surface area contributed by atoms with Gasteiger partial charge in [0, 0.05) is 19.2 Å². The van der Waals surface area contributed by atoms with Crippen molar-refractivity contribution in [2.45, 2.75) is 12.5 Å². The third-order valence-corrected chi connectivity index (χ3v) is 3.14. The molecule has 108 valence electrons. The number of hydrogen-bond acceptors (Lipinski definition) is 6. The second-order valence-corrected chi connectivity index (χ2v) is 4.70. The molecule has 1 aromatic heterocycles. The fraction of sp³-hybridized carbons (Fsp3) is 0.455. The van der Waals surface area contributed by atoms with Crippen LogP contribution in [0.5, 0.6) is 0 Å². The molecule has 0 aliphatic carbocycles. The average Bonchev–Trinajstić information content (AvgIpc) is 2.38. The summed E-state index contributed by atoms with van der Waals surface area (Å²) in [7, 11) is 0. The van der Waals surface area contributed by atoms with Crippen LogP contribution >= 0.6 is 11.6 Å². The van der Waals surface area contributed by atoms with Gasteiger partial charge in [-0.3, -0.25) is 14.9 Å². The first kappa shape index (κ1) is 14.5. The van der Waals surface area contributed by atoms with E-state index in [1.54, 1.807) is 4.90 Å². The second-order valence-electron chi connectivity index (χ2n) is 4.29. The van der Waals surface area contributed by atoms with Gasteiger partial charge < -0.3 is 14.7 Å². The number of rotatable bonds is 4. The van der Waals surface area contributed by atoms with Gasteiger partial charge in [-0.05, 0) is 0 Å². The third kappa shape index (κ3) is 3.34. The number of morpholine rings is 1.